The van der Waals surface area contributed by atoms with Gasteiger partial charge in [-0.1, -0.05) is 48.5 Å². The Balaban J connectivity index is 1.39. The number of carbonyl (C=O) groups excluding carboxylic acids is 2. The minimum absolute atomic E-state index is 0.0857. The van der Waals surface area contributed by atoms with Crippen LogP contribution in [0.25, 0.3) is 10.9 Å². The van der Waals surface area contributed by atoms with Crippen LogP contribution in [0.1, 0.15) is 34.8 Å². The van der Waals surface area contributed by atoms with Gasteiger partial charge in [0.1, 0.15) is 6.10 Å². The Kier molecular flexibility index (Phi) is 5.57. The third-order valence-corrected chi connectivity index (χ3v) is 6.41. The molecule has 0 bridgehead atoms. The zero-order valence-corrected chi connectivity index (χ0v) is 17.5. The van der Waals surface area contributed by atoms with Gasteiger partial charge in [0.15, 0.2) is 5.78 Å². The van der Waals surface area contributed by atoms with Crippen LogP contribution in [0.15, 0.2) is 60.8 Å². The third kappa shape index (κ3) is 3.89. The fourth-order valence-electron chi connectivity index (χ4n) is 4.76. The number of hydrogen-bond acceptors (Lipinski definition) is 4. The van der Waals surface area contributed by atoms with E-state index < -0.39 is 0 Å². The van der Waals surface area contributed by atoms with E-state index in [1.807, 2.05) is 65.7 Å². The number of ether oxygens (including phenoxy) is 1. The summed E-state index contributed by atoms with van der Waals surface area (Å²) in [6.45, 7) is 3.22. The van der Waals surface area contributed by atoms with Crippen molar-refractivity contribution in [1.29, 1.82) is 0 Å². The van der Waals surface area contributed by atoms with Gasteiger partial charge in [0, 0.05) is 55.4 Å². The van der Waals surface area contributed by atoms with Crippen molar-refractivity contribution in [3.8, 4) is 0 Å². The second kappa shape index (κ2) is 8.65. The molecule has 1 N–H and O–H groups in total. The number of hydrogen-bond donors (Lipinski definition) is 1. The summed E-state index contributed by atoms with van der Waals surface area (Å²) >= 11 is 0. The van der Waals surface area contributed by atoms with Gasteiger partial charge in [-0.05, 0) is 24.5 Å². The average Bonchev–Trinajstić information content (AvgIpc) is 3.50. The summed E-state index contributed by atoms with van der Waals surface area (Å²) in [5.41, 5.74) is 2.66. The molecule has 0 unspecified atom stereocenters. The number of H-pyrrole nitrogens is 1. The minimum atomic E-state index is -0.375. The lowest BCUT2D eigenvalue weighted by Gasteiger charge is -2.39. The molecule has 3 aromatic rings. The van der Waals surface area contributed by atoms with Crippen LogP contribution in [0.4, 0.5) is 0 Å². The maximum atomic E-state index is 13.8. The van der Waals surface area contributed by atoms with Crippen molar-refractivity contribution in [3.05, 3.63) is 71.9 Å². The molecule has 2 aliphatic heterocycles. The molecule has 6 heteroatoms. The molecule has 2 aliphatic rings. The number of aromatic amines is 1. The molecule has 0 saturated carbocycles. The van der Waals surface area contributed by atoms with E-state index in [0.717, 1.165) is 29.3 Å². The zero-order valence-electron chi connectivity index (χ0n) is 17.5. The Bertz CT molecular complexity index is 1060. The topological polar surface area (TPSA) is 65.6 Å². The lowest BCUT2D eigenvalue weighted by atomic mass is 9.95. The second-order valence-electron chi connectivity index (χ2n) is 8.29. The molecule has 2 fully saturated rings. The summed E-state index contributed by atoms with van der Waals surface area (Å²) in [4.78, 5) is 33.8. The Labute approximate surface area is 181 Å². The molecule has 2 atom stereocenters. The van der Waals surface area contributed by atoms with Crippen LogP contribution in [0.2, 0.25) is 0 Å². The van der Waals surface area contributed by atoms with Crippen molar-refractivity contribution < 1.29 is 14.3 Å². The molecule has 1 aromatic heterocycles. The molecule has 0 radical (unpaired) electrons. The highest BCUT2D eigenvalue weighted by Crippen LogP contribution is 2.30. The van der Waals surface area contributed by atoms with Gasteiger partial charge >= 0.3 is 0 Å². The van der Waals surface area contributed by atoms with E-state index in [9.17, 15) is 9.59 Å². The standard InChI is InChI=1S/C25H27N3O3/c29-24(20-17-26-21-10-5-4-9-19(20)21)23(18-7-2-1-3-8-18)27-12-14-28(15-13-27)25(30)22-11-6-16-31-22/h1-5,7-10,17,22-23,26H,6,11-16H2/t22-,23-/m1/s1. The molecule has 0 aliphatic carbocycles. The number of nitrogens with zero attached hydrogens (tertiary/aromatic N) is 2. The number of piperazine rings is 1. The molecular formula is C25H27N3O3. The van der Waals surface area contributed by atoms with Crippen molar-refractivity contribution in [3.63, 3.8) is 0 Å². The van der Waals surface area contributed by atoms with Gasteiger partial charge in [0.05, 0.1) is 6.04 Å². The molecule has 0 spiro atoms. The predicted octanol–water partition coefficient (Wildman–Crippen LogP) is 3.42. The van der Waals surface area contributed by atoms with Crippen molar-refractivity contribution in [2.45, 2.75) is 25.0 Å². The highest BCUT2D eigenvalue weighted by atomic mass is 16.5. The fraction of sp³-hybridized carbons (Fsp3) is 0.360. The first-order valence-electron chi connectivity index (χ1n) is 11.0. The van der Waals surface area contributed by atoms with E-state index in [2.05, 4.69) is 9.88 Å². The zero-order chi connectivity index (χ0) is 21.2. The molecule has 6 nitrogen and oxygen atoms in total. The number of ketones is 1. The van der Waals surface area contributed by atoms with Crippen molar-refractivity contribution in [2.24, 2.45) is 0 Å². The van der Waals surface area contributed by atoms with Gasteiger partial charge < -0.3 is 14.6 Å². The van der Waals surface area contributed by atoms with Gasteiger partial charge in [-0.3, -0.25) is 14.5 Å². The molecule has 2 aromatic carbocycles. The predicted molar refractivity (Wildman–Crippen MR) is 119 cm³/mol. The second-order valence-corrected chi connectivity index (χ2v) is 8.29. The van der Waals surface area contributed by atoms with Crippen molar-refractivity contribution in [1.82, 2.24) is 14.8 Å². The van der Waals surface area contributed by atoms with E-state index in [-0.39, 0.29) is 23.8 Å². The number of carbonyl (C=O) groups is 2. The van der Waals surface area contributed by atoms with Crippen LogP contribution in [-0.4, -0.2) is 65.4 Å². The van der Waals surface area contributed by atoms with Crippen molar-refractivity contribution >= 4 is 22.6 Å². The van der Waals surface area contributed by atoms with E-state index in [1.165, 1.54) is 0 Å². The van der Waals surface area contributed by atoms with Crippen LogP contribution in [0, 0.1) is 0 Å². The van der Waals surface area contributed by atoms with E-state index in [0.29, 0.717) is 38.3 Å². The number of amides is 1. The number of benzene rings is 2. The number of Topliss-reactive ketones (excluding diaryl/α,β-unsaturated/α-hetero) is 1. The van der Waals surface area contributed by atoms with Gasteiger partial charge in [0.25, 0.3) is 5.91 Å². The van der Waals surface area contributed by atoms with E-state index in [1.54, 1.807) is 0 Å². The number of para-hydroxylation sites is 1. The number of rotatable bonds is 5. The average molecular weight is 418 g/mol. The Morgan fingerprint density at radius 1 is 0.968 bits per heavy atom. The molecular weight excluding hydrogens is 390 g/mol. The first-order valence-corrected chi connectivity index (χ1v) is 11.0. The smallest absolute Gasteiger partial charge is 0.251 e. The third-order valence-electron chi connectivity index (χ3n) is 6.41. The van der Waals surface area contributed by atoms with Gasteiger partial charge in [-0.15, -0.1) is 0 Å². The first kappa shape index (κ1) is 20.0. The minimum Gasteiger partial charge on any atom is -0.368 e. The van der Waals surface area contributed by atoms with Gasteiger partial charge in [-0.2, -0.15) is 0 Å². The van der Waals surface area contributed by atoms with Crippen LogP contribution >= 0.6 is 0 Å². The van der Waals surface area contributed by atoms with Crippen LogP contribution in [-0.2, 0) is 9.53 Å². The number of nitrogens with one attached hydrogen (secondary N) is 1. The molecule has 31 heavy (non-hydrogen) atoms. The van der Waals surface area contributed by atoms with Crippen molar-refractivity contribution in [2.75, 3.05) is 32.8 Å². The Hall–Kier alpha value is -2.96. The molecule has 160 valence electrons. The van der Waals surface area contributed by atoms with E-state index in [4.69, 9.17) is 4.74 Å². The summed E-state index contributed by atoms with van der Waals surface area (Å²) in [6.07, 6.45) is 3.29. The Morgan fingerprint density at radius 2 is 1.71 bits per heavy atom. The molecule has 3 heterocycles. The lowest BCUT2D eigenvalue weighted by Crippen LogP contribution is -2.53. The summed E-state index contributed by atoms with van der Waals surface area (Å²) in [7, 11) is 0. The van der Waals surface area contributed by atoms with Gasteiger partial charge in [-0.25, -0.2) is 0 Å². The van der Waals surface area contributed by atoms with Crippen LogP contribution in [0.5, 0.6) is 0 Å². The highest BCUT2D eigenvalue weighted by molar-refractivity contribution is 6.10. The molecule has 2 saturated heterocycles. The number of fused-ring (bicyclic) bond motifs is 1. The van der Waals surface area contributed by atoms with Crippen LogP contribution < -0.4 is 0 Å². The van der Waals surface area contributed by atoms with Crippen LogP contribution in [0.3, 0.4) is 0 Å². The summed E-state index contributed by atoms with van der Waals surface area (Å²) < 4.78 is 5.58. The SMILES string of the molecule is O=C(c1c[nH]c2ccccc12)[C@@H](c1ccccc1)N1CCN(C(=O)[C@H]2CCCO2)CC1. The quantitative estimate of drug-likeness (QED) is 0.646. The normalized spacial score (nSPS) is 20.8. The summed E-state index contributed by atoms with van der Waals surface area (Å²) in [5.74, 6) is 0.180. The number of aromatic nitrogens is 1. The maximum absolute atomic E-state index is 13.8. The maximum Gasteiger partial charge on any atom is 0.251 e. The van der Waals surface area contributed by atoms with Gasteiger partial charge in [0.2, 0.25) is 0 Å². The monoisotopic (exact) mass is 417 g/mol. The molecule has 1 amide bonds. The Morgan fingerprint density at radius 3 is 2.45 bits per heavy atom. The summed E-state index contributed by atoms with van der Waals surface area (Å²) in [5, 5.41) is 0.945. The van der Waals surface area contributed by atoms with E-state index >= 15 is 0 Å². The fourth-order valence-corrected chi connectivity index (χ4v) is 4.76. The highest BCUT2D eigenvalue weighted by Gasteiger charge is 2.35. The first-order chi connectivity index (χ1) is 15.2. The molecule has 5 rings (SSSR count). The largest absolute Gasteiger partial charge is 0.368 e. The summed E-state index contributed by atoms with van der Waals surface area (Å²) in [6, 6.07) is 17.5. The lowest BCUT2D eigenvalue weighted by molar-refractivity contribution is -0.142.